The number of halogens is 1. The normalized spacial score (nSPS) is 13.0. The summed E-state index contributed by atoms with van der Waals surface area (Å²) in [6, 6.07) is 16.6. The molecule has 0 radical (unpaired) electrons. The molecule has 1 atom stereocenters. The zero-order valence-corrected chi connectivity index (χ0v) is 17.5. The van der Waals surface area contributed by atoms with Crippen molar-refractivity contribution < 1.29 is 9.18 Å². The van der Waals surface area contributed by atoms with Gasteiger partial charge in [-0.2, -0.15) is 13.5 Å². The molecule has 0 aliphatic rings. The number of fused-ring (bicyclic) bond motifs is 1. The first-order chi connectivity index (χ1) is 12.9. The molecule has 1 heterocycles. The molecule has 1 aromatic heterocycles. The number of nitrogens with one attached hydrogen (secondary N) is 1. The van der Waals surface area contributed by atoms with Gasteiger partial charge in [0.15, 0.2) is 0 Å². The molecular formula is C23H27FN2OS. The van der Waals surface area contributed by atoms with E-state index in [2.05, 4.69) is 43.2 Å². The Balaban J connectivity index is 0.00000280. The largest absolute Gasteiger partial charge is 0.346 e. The zero-order chi connectivity index (χ0) is 19.4. The number of carbonyl (C=O) groups is 1. The Kier molecular flexibility index (Phi) is 7.19. The van der Waals surface area contributed by atoms with Gasteiger partial charge in [0.05, 0.1) is 5.56 Å². The van der Waals surface area contributed by atoms with Gasteiger partial charge >= 0.3 is 0 Å². The van der Waals surface area contributed by atoms with Crippen molar-refractivity contribution in [3.05, 3.63) is 77.7 Å². The molecule has 2 aromatic carbocycles. The molecule has 5 heteroatoms. The van der Waals surface area contributed by atoms with Gasteiger partial charge in [0, 0.05) is 17.1 Å². The van der Waals surface area contributed by atoms with Crippen molar-refractivity contribution in [1.29, 1.82) is 0 Å². The third kappa shape index (κ3) is 5.32. The van der Waals surface area contributed by atoms with Gasteiger partial charge in [-0.05, 0) is 43.4 Å². The summed E-state index contributed by atoms with van der Waals surface area (Å²) in [5, 5.41) is 3.82. The highest BCUT2D eigenvalue weighted by molar-refractivity contribution is 7.59. The van der Waals surface area contributed by atoms with E-state index >= 15 is 0 Å². The van der Waals surface area contributed by atoms with Crippen molar-refractivity contribution >= 4 is 30.3 Å². The fourth-order valence-corrected chi connectivity index (χ4v) is 3.71. The lowest BCUT2D eigenvalue weighted by Crippen LogP contribution is -2.48. The summed E-state index contributed by atoms with van der Waals surface area (Å²) in [4.78, 5) is 17.1. The Labute approximate surface area is 172 Å². The van der Waals surface area contributed by atoms with Crippen LogP contribution < -0.4 is 5.32 Å². The second kappa shape index (κ2) is 9.20. The highest BCUT2D eigenvalue weighted by atomic mass is 32.1. The quantitative estimate of drug-likeness (QED) is 0.615. The van der Waals surface area contributed by atoms with Crippen molar-refractivity contribution in [2.24, 2.45) is 5.92 Å². The predicted molar refractivity (Wildman–Crippen MR) is 118 cm³/mol. The average molecular weight is 399 g/mol. The minimum Gasteiger partial charge on any atom is -0.346 e. The predicted octanol–water partition coefficient (Wildman–Crippen LogP) is 5.26. The number of nitrogens with zero attached hydrogens (tertiary/aromatic N) is 1. The summed E-state index contributed by atoms with van der Waals surface area (Å²) in [7, 11) is 0. The van der Waals surface area contributed by atoms with Crippen LogP contribution in [-0.2, 0) is 6.42 Å². The summed E-state index contributed by atoms with van der Waals surface area (Å²) in [5.41, 5.74) is 1.52. The molecule has 3 rings (SSSR count). The van der Waals surface area contributed by atoms with Gasteiger partial charge < -0.3 is 5.32 Å². The number of para-hydroxylation sites is 1. The molecule has 1 N–H and O–H groups in total. The Morgan fingerprint density at radius 3 is 2.54 bits per heavy atom. The molecule has 0 saturated heterocycles. The Bertz CT molecular complexity index is 946. The Morgan fingerprint density at radius 1 is 1.14 bits per heavy atom. The van der Waals surface area contributed by atoms with E-state index in [1.807, 2.05) is 18.2 Å². The number of benzene rings is 2. The summed E-state index contributed by atoms with van der Waals surface area (Å²) < 4.78 is 13.8. The van der Waals surface area contributed by atoms with Crippen LogP contribution >= 0.6 is 13.5 Å². The number of rotatable bonds is 6. The molecule has 1 amide bonds. The van der Waals surface area contributed by atoms with E-state index in [0.29, 0.717) is 16.9 Å². The van der Waals surface area contributed by atoms with Gasteiger partial charge in [-0.25, -0.2) is 4.39 Å². The highest BCUT2D eigenvalue weighted by Gasteiger charge is 2.28. The van der Waals surface area contributed by atoms with Crippen LogP contribution in [-0.4, -0.2) is 16.4 Å². The minimum atomic E-state index is -0.385. The van der Waals surface area contributed by atoms with Gasteiger partial charge in [0.2, 0.25) is 0 Å². The maximum absolute atomic E-state index is 13.8. The van der Waals surface area contributed by atoms with Crippen LogP contribution in [0, 0.1) is 11.7 Å². The second-order valence-corrected chi connectivity index (χ2v) is 7.81. The molecule has 0 saturated carbocycles. The molecule has 0 unspecified atom stereocenters. The highest BCUT2D eigenvalue weighted by Crippen LogP contribution is 2.23. The number of aromatic nitrogens is 1. The monoisotopic (exact) mass is 398 g/mol. The molecular weight excluding hydrogens is 371 g/mol. The first-order valence-electron chi connectivity index (χ1n) is 9.27. The third-order valence-corrected chi connectivity index (χ3v) is 4.64. The van der Waals surface area contributed by atoms with Crippen LogP contribution in [0.4, 0.5) is 4.39 Å². The molecule has 0 fully saturated rings. The van der Waals surface area contributed by atoms with Crippen LogP contribution in [0.1, 0.15) is 43.1 Å². The van der Waals surface area contributed by atoms with Gasteiger partial charge in [0.25, 0.3) is 5.91 Å². The number of pyridine rings is 1. The van der Waals surface area contributed by atoms with E-state index in [4.69, 9.17) is 0 Å². The lowest BCUT2D eigenvalue weighted by Gasteiger charge is -2.33. The van der Waals surface area contributed by atoms with Crippen molar-refractivity contribution in [3.63, 3.8) is 0 Å². The van der Waals surface area contributed by atoms with E-state index in [-0.39, 0.29) is 36.3 Å². The van der Waals surface area contributed by atoms with Crippen molar-refractivity contribution in [2.45, 2.75) is 39.2 Å². The third-order valence-electron chi connectivity index (χ3n) is 4.64. The standard InChI is InChI=1S/C23H25FN2O.H2S/c1-16(2)13-23(3,14-17-8-5-4-6-9-17)26-22(27)19-12-18-10-7-11-20(24)21(18)25-15-19;/h4-12,15-16H,13-14H2,1-3H3,(H,26,27);1H2/t23-;/m0./s1. The van der Waals surface area contributed by atoms with Gasteiger partial charge in [0.1, 0.15) is 11.3 Å². The number of hydrogen-bond donors (Lipinski definition) is 1. The van der Waals surface area contributed by atoms with Crippen molar-refractivity contribution in [1.82, 2.24) is 10.3 Å². The van der Waals surface area contributed by atoms with Crippen LogP contribution in [0.5, 0.6) is 0 Å². The van der Waals surface area contributed by atoms with E-state index in [0.717, 1.165) is 12.8 Å². The summed E-state index contributed by atoms with van der Waals surface area (Å²) in [6.45, 7) is 6.37. The Hall–Kier alpha value is -2.40. The SMILES string of the molecule is CC(C)C[C@@](C)(Cc1ccccc1)NC(=O)c1cnc2c(F)cccc2c1.S. The molecule has 3 aromatic rings. The summed E-state index contributed by atoms with van der Waals surface area (Å²) in [6.07, 6.45) is 3.04. The molecule has 0 aliphatic carbocycles. The summed E-state index contributed by atoms with van der Waals surface area (Å²) in [5.74, 6) is -0.135. The van der Waals surface area contributed by atoms with E-state index in [1.165, 1.54) is 17.8 Å². The van der Waals surface area contributed by atoms with Crippen LogP contribution in [0.2, 0.25) is 0 Å². The second-order valence-electron chi connectivity index (χ2n) is 7.81. The topological polar surface area (TPSA) is 42.0 Å². The van der Waals surface area contributed by atoms with E-state index in [1.54, 1.807) is 18.2 Å². The average Bonchev–Trinajstić information content (AvgIpc) is 2.61. The molecule has 0 bridgehead atoms. The first kappa shape index (κ1) is 21.9. The molecule has 3 nitrogen and oxygen atoms in total. The molecule has 28 heavy (non-hydrogen) atoms. The molecule has 148 valence electrons. The van der Waals surface area contributed by atoms with Crippen LogP contribution in [0.3, 0.4) is 0 Å². The first-order valence-corrected chi connectivity index (χ1v) is 9.27. The fourth-order valence-electron chi connectivity index (χ4n) is 3.71. The zero-order valence-electron chi connectivity index (χ0n) is 16.5. The number of hydrogen-bond acceptors (Lipinski definition) is 2. The lowest BCUT2D eigenvalue weighted by atomic mass is 9.84. The van der Waals surface area contributed by atoms with Gasteiger partial charge in [-0.15, -0.1) is 0 Å². The van der Waals surface area contributed by atoms with Gasteiger partial charge in [-0.1, -0.05) is 56.3 Å². The molecule has 0 aliphatic heterocycles. The lowest BCUT2D eigenvalue weighted by molar-refractivity contribution is 0.0894. The minimum absolute atomic E-state index is 0. The van der Waals surface area contributed by atoms with Crippen LogP contribution in [0.15, 0.2) is 60.8 Å². The van der Waals surface area contributed by atoms with E-state index < -0.39 is 0 Å². The number of amides is 1. The fraction of sp³-hybridized carbons (Fsp3) is 0.304. The number of carbonyl (C=O) groups excluding carboxylic acids is 1. The van der Waals surface area contributed by atoms with Crippen LogP contribution in [0.25, 0.3) is 10.9 Å². The molecule has 0 spiro atoms. The smallest absolute Gasteiger partial charge is 0.253 e. The van der Waals surface area contributed by atoms with E-state index in [9.17, 15) is 9.18 Å². The summed E-state index contributed by atoms with van der Waals surface area (Å²) >= 11 is 0. The maximum Gasteiger partial charge on any atom is 0.253 e. The Morgan fingerprint density at radius 2 is 1.86 bits per heavy atom. The van der Waals surface area contributed by atoms with Gasteiger partial charge in [-0.3, -0.25) is 9.78 Å². The maximum atomic E-state index is 13.8. The van der Waals surface area contributed by atoms with Crippen molar-refractivity contribution in [2.75, 3.05) is 0 Å². The van der Waals surface area contributed by atoms with Crippen molar-refractivity contribution in [3.8, 4) is 0 Å².